The Hall–Kier alpha value is -1.72. The number of hydrogen-bond acceptors (Lipinski definition) is 5. The van der Waals surface area contributed by atoms with Gasteiger partial charge in [-0.05, 0) is 18.6 Å². The van der Waals surface area contributed by atoms with Crippen LogP contribution in [-0.4, -0.2) is 28.1 Å². The summed E-state index contributed by atoms with van der Waals surface area (Å²) in [6.07, 6.45) is 3.45. The number of hydrogen-bond donors (Lipinski definition) is 1. The fourth-order valence-corrected chi connectivity index (χ4v) is 2.36. The Morgan fingerprint density at radius 3 is 3.00 bits per heavy atom. The molecular formula is C15H17ClN4O. The maximum Gasteiger partial charge on any atom is 0.180 e. The summed E-state index contributed by atoms with van der Waals surface area (Å²) in [4.78, 5) is 13.6. The molecule has 110 valence electrons. The summed E-state index contributed by atoms with van der Waals surface area (Å²) >= 11 is 5.88. The first-order valence-corrected chi connectivity index (χ1v) is 7.49. The Morgan fingerprint density at radius 2 is 2.24 bits per heavy atom. The van der Waals surface area contributed by atoms with Crippen LogP contribution in [0.3, 0.4) is 0 Å². The van der Waals surface area contributed by atoms with Gasteiger partial charge < -0.3 is 10.1 Å². The lowest BCUT2D eigenvalue weighted by molar-refractivity contribution is 0.109. The first-order valence-electron chi connectivity index (χ1n) is 7.11. The van der Waals surface area contributed by atoms with Crippen molar-refractivity contribution in [1.82, 2.24) is 15.0 Å². The second-order valence-electron chi connectivity index (χ2n) is 4.91. The van der Waals surface area contributed by atoms with Crippen LogP contribution in [0, 0.1) is 0 Å². The normalized spacial score (nSPS) is 13.8. The maximum atomic E-state index is 5.88. The molecule has 2 aromatic rings. The third-order valence-electron chi connectivity index (χ3n) is 3.32. The highest BCUT2D eigenvalue weighted by molar-refractivity contribution is 6.30. The molecule has 2 aromatic heterocycles. The average Bonchev–Trinajstić information content (AvgIpc) is 2.53. The Kier molecular flexibility index (Phi) is 4.31. The van der Waals surface area contributed by atoms with Gasteiger partial charge >= 0.3 is 0 Å². The number of nitrogens with one attached hydrogen (secondary N) is 1. The zero-order valence-corrected chi connectivity index (χ0v) is 12.7. The van der Waals surface area contributed by atoms with E-state index in [-0.39, 0.29) is 0 Å². The van der Waals surface area contributed by atoms with E-state index in [1.165, 1.54) is 0 Å². The van der Waals surface area contributed by atoms with E-state index >= 15 is 0 Å². The van der Waals surface area contributed by atoms with Gasteiger partial charge in [-0.3, -0.25) is 4.98 Å². The largest absolute Gasteiger partial charge is 0.376 e. The van der Waals surface area contributed by atoms with Crippen molar-refractivity contribution in [1.29, 1.82) is 0 Å². The summed E-state index contributed by atoms with van der Waals surface area (Å²) in [6.45, 7) is 4.26. The number of fused-ring (bicyclic) bond motifs is 1. The minimum Gasteiger partial charge on any atom is -0.376 e. The average molecular weight is 305 g/mol. The van der Waals surface area contributed by atoms with Gasteiger partial charge in [-0.15, -0.1) is 0 Å². The van der Waals surface area contributed by atoms with Crippen LogP contribution < -0.4 is 5.32 Å². The molecule has 0 unspecified atom stereocenters. The van der Waals surface area contributed by atoms with E-state index in [0.29, 0.717) is 24.1 Å². The fourth-order valence-electron chi connectivity index (χ4n) is 2.24. The molecule has 1 aliphatic rings. The number of pyridine rings is 1. The van der Waals surface area contributed by atoms with E-state index in [1.54, 1.807) is 12.3 Å². The summed E-state index contributed by atoms with van der Waals surface area (Å²) in [7, 11) is 0. The molecule has 0 fully saturated rings. The van der Waals surface area contributed by atoms with Crippen molar-refractivity contribution in [2.75, 3.05) is 18.5 Å². The van der Waals surface area contributed by atoms with Crippen LogP contribution in [0.2, 0.25) is 5.02 Å². The third kappa shape index (κ3) is 3.14. The molecule has 3 rings (SSSR count). The maximum absolute atomic E-state index is 5.88. The summed E-state index contributed by atoms with van der Waals surface area (Å²) in [5.74, 6) is 1.49. The molecule has 0 bridgehead atoms. The van der Waals surface area contributed by atoms with Crippen LogP contribution in [0.1, 0.15) is 24.6 Å². The lowest BCUT2D eigenvalue weighted by Crippen LogP contribution is -2.17. The summed E-state index contributed by atoms with van der Waals surface area (Å²) < 4.78 is 5.52. The van der Waals surface area contributed by atoms with Crippen molar-refractivity contribution < 1.29 is 4.74 Å². The van der Waals surface area contributed by atoms with Gasteiger partial charge in [0.05, 0.1) is 23.9 Å². The molecule has 0 saturated heterocycles. The quantitative estimate of drug-likeness (QED) is 0.940. The fraction of sp³-hybridized carbons (Fsp3) is 0.400. The van der Waals surface area contributed by atoms with Crippen molar-refractivity contribution in [3.63, 3.8) is 0 Å². The number of aromatic nitrogens is 3. The second kappa shape index (κ2) is 6.37. The molecule has 1 N–H and O–H groups in total. The predicted octanol–water partition coefficient (Wildman–Crippen LogP) is 3.09. The van der Waals surface area contributed by atoms with Gasteiger partial charge in [-0.1, -0.05) is 18.5 Å². The summed E-state index contributed by atoms with van der Waals surface area (Å²) in [5.41, 5.74) is 2.84. The lowest BCUT2D eigenvalue weighted by atomic mass is 10.1. The van der Waals surface area contributed by atoms with Crippen molar-refractivity contribution in [2.45, 2.75) is 26.4 Å². The van der Waals surface area contributed by atoms with Crippen molar-refractivity contribution >= 4 is 17.4 Å². The molecular weight excluding hydrogens is 288 g/mol. The molecule has 0 aromatic carbocycles. The smallest absolute Gasteiger partial charge is 0.180 e. The SMILES string of the molecule is CCCNc1nc(-c2ccc(Cl)cn2)nc2c1COCC2. The first-order chi connectivity index (χ1) is 10.3. The number of ether oxygens (including phenoxy) is 1. The monoisotopic (exact) mass is 304 g/mol. The Labute approximate surface area is 128 Å². The van der Waals surface area contributed by atoms with Crippen LogP contribution in [0.5, 0.6) is 0 Å². The number of anilines is 1. The van der Waals surface area contributed by atoms with Gasteiger partial charge in [0.15, 0.2) is 5.82 Å². The van der Waals surface area contributed by atoms with Gasteiger partial charge in [0.1, 0.15) is 11.5 Å². The topological polar surface area (TPSA) is 59.9 Å². The van der Waals surface area contributed by atoms with Gasteiger partial charge in [0.2, 0.25) is 0 Å². The molecule has 3 heterocycles. The molecule has 0 spiro atoms. The minimum atomic E-state index is 0.565. The van der Waals surface area contributed by atoms with Gasteiger partial charge in [0, 0.05) is 24.7 Å². The zero-order valence-electron chi connectivity index (χ0n) is 11.9. The first kappa shape index (κ1) is 14.2. The van der Waals surface area contributed by atoms with E-state index in [9.17, 15) is 0 Å². The van der Waals surface area contributed by atoms with Gasteiger partial charge in [0.25, 0.3) is 0 Å². The van der Waals surface area contributed by atoms with Crippen molar-refractivity contribution in [3.8, 4) is 11.5 Å². The van der Waals surface area contributed by atoms with E-state index in [2.05, 4.69) is 27.2 Å². The zero-order chi connectivity index (χ0) is 14.7. The Morgan fingerprint density at radius 1 is 1.33 bits per heavy atom. The van der Waals surface area contributed by atoms with Crippen LogP contribution >= 0.6 is 11.6 Å². The third-order valence-corrected chi connectivity index (χ3v) is 3.54. The van der Waals surface area contributed by atoms with Crippen LogP contribution in [0.25, 0.3) is 11.5 Å². The molecule has 0 radical (unpaired) electrons. The number of halogens is 1. The van der Waals surface area contributed by atoms with Crippen LogP contribution in [0.15, 0.2) is 18.3 Å². The minimum absolute atomic E-state index is 0.565. The Balaban J connectivity index is 2.02. The van der Waals surface area contributed by atoms with Crippen molar-refractivity contribution in [2.24, 2.45) is 0 Å². The molecule has 5 nitrogen and oxygen atoms in total. The van der Waals surface area contributed by atoms with Crippen molar-refractivity contribution in [3.05, 3.63) is 34.6 Å². The second-order valence-corrected chi connectivity index (χ2v) is 5.35. The molecule has 6 heteroatoms. The summed E-state index contributed by atoms with van der Waals surface area (Å²) in [6, 6.07) is 3.64. The van der Waals surface area contributed by atoms with Crippen LogP contribution in [-0.2, 0) is 17.8 Å². The number of rotatable bonds is 4. The lowest BCUT2D eigenvalue weighted by Gasteiger charge is -2.20. The molecule has 0 aliphatic carbocycles. The Bertz CT molecular complexity index is 630. The molecule has 1 aliphatic heterocycles. The van der Waals surface area contributed by atoms with Crippen LogP contribution in [0.4, 0.5) is 5.82 Å². The van der Waals surface area contributed by atoms with Gasteiger partial charge in [-0.25, -0.2) is 9.97 Å². The molecule has 21 heavy (non-hydrogen) atoms. The molecule has 0 amide bonds. The molecule has 0 atom stereocenters. The predicted molar refractivity (Wildman–Crippen MR) is 82.4 cm³/mol. The summed E-state index contributed by atoms with van der Waals surface area (Å²) in [5, 5.41) is 3.97. The molecule has 0 saturated carbocycles. The van der Waals surface area contributed by atoms with E-state index in [4.69, 9.17) is 16.3 Å². The highest BCUT2D eigenvalue weighted by Gasteiger charge is 2.19. The highest BCUT2D eigenvalue weighted by Crippen LogP contribution is 2.25. The highest BCUT2D eigenvalue weighted by atomic mass is 35.5. The van der Waals surface area contributed by atoms with E-state index < -0.39 is 0 Å². The standard InChI is InChI=1S/C15H17ClN4O/c1-2-6-17-14-11-9-21-7-5-12(11)19-15(20-14)13-4-3-10(16)8-18-13/h3-4,8H,2,5-7,9H2,1H3,(H,17,19,20). The van der Waals surface area contributed by atoms with E-state index in [1.807, 2.05) is 6.07 Å². The van der Waals surface area contributed by atoms with Gasteiger partial charge in [-0.2, -0.15) is 0 Å². The van der Waals surface area contributed by atoms with E-state index in [0.717, 1.165) is 42.2 Å². The number of nitrogens with zero attached hydrogens (tertiary/aromatic N) is 3.